The molecule has 1 aromatic rings. The molecule has 4 atom stereocenters. The van der Waals surface area contributed by atoms with Crippen LogP contribution in [0.5, 0.6) is 0 Å². The Kier molecular flexibility index (Phi) is 13.5. The van der Waals surface area contributed by atoms with E-state index in [0.29, 0.717) is 38.8 Å². The van der Waals surface area contributed by atoms with Gasteiger partial charge in [0.1, 0.15) is 24.1 Å². The average Bonchev–Trinajstić information content (AvgIpc) is 2.87. The highest BCUT2D eigenvalue weighted by Gasteiger charge is 2.34. The maximum absolute atomic E-state index is 14.7. The monoisotopic (exact) mass is 524 g/mol. The summed E-state index contributed by atoms with van der Waals surface area (Å²) in [6.45, 7) is 7.06. The molecule has 8 nitrogen and oxygen atoms in total. The van der Waals surface area contributed by atoms with E-state index >= 15 is 0 Å². The highest BCUT2D eigenvalue weighted by molar-refractivity contribution is 5.94. The smallest absolute Gasteiger partial charge is 0.256 e. The Labute approximate surface area is 220 Å². The molecule has 9 heteroatoms. The molecule has 0 unspecified atom stereocenters. The molecule has 0 radical (unpaired) electrons. The normalized spacial score (nSPS) is 24.6. The third kappa shape index (κ3) is 9.63. The van der Waals surface area contributed by atoms with Crippen LogP contribution >= 0.6 is 0 Å². The van der Waals surface area contributed by atoms with Gasteiger partial charge in [-0.3, -0.25) is 9.59 Å². The molecule has 1 heterocycles. The molecule has 37 heavy (non-hydrogen) atoms. The van der Waals surface area contributed by atoms with Crippen molar-refractivity contribution in [3.05, 3.63) is 35.6 Å². The van der Waals surface area contributed by atoms with E-state index in [0.717, 1.165) is 12.8 Å². The number of nitrogens with zero attached hydrogens (tertiary/aromatic N) is 2. The van der Waals surface area contributed by atoms with Crippen molar-refractivity contribution in [2.24, 2.45) is 5.92 Å². The molecule has 0 spiro atoms. The van der Waals surface area contributed by atoms with E-state index in [1.165, 1.54) is 30.2 Å². The quantitative estimate of drug-likeness (QED) is 0.568. The van der Waals surface area contributed by atoms with Crippen LogP contribution in [-0.4, -0.2) is 96.1 Å². The van der Waals surface area contributed by atoms with E-state index in [9.17, 15) is 24.2 Å². The van der Waals surface area contributed by atoms with Crippen LogP contribution in [0.3, 0.4) is 0 Å². The third-order valence-corrected chi connectivity index (χ3v) is 6.78. The predicted molar refractivity (Wildman–Crippen MR) is 140 cm³/mol. The van der Waals surface area contributed by atoms with Gasteiger partial charge < -0.3 is 29.5 Å². The van der Waals surface area contributed by atoms with Gasteiger partial charge in [-0.2, -0.15) is 0 Å². The summed E-state index contributed by atoms with van der Waals surface area (Å²) in [6.07, 6.45) is 0.657. The fourth-order valence-electron chi connectivity index (χ4n) is 4.70. The molecule has 2 amide bonds. The van der Waals surface area contributed by atoms with Gasteiger partial charge >= 0.3 is 0 Å². The molecule has 0 saturated carbocycles. The van der Waals surface area contributed by atoms with E-state index in [1.807, 2.05) is 11.8 Å². The van der Waals surface area contributed by atoms with Crippen molar-refractivity contribution >= 4 is 11.8 Å². The van der Waals surface area contributed by atoms with Crippen molar-refractivity contribution in [3.63, 3.8) is 0 Å². The van der Waals surface area contributed by atoms with Crippen molar-refractivity contribution in [2.45, 2.75) is 83.6 Å². The highest BCUT2D eigenvalue weighted by atomic mass is 19.1. The predicted octanol–water partition coefficient (Wildman–Crippen LogP) is 3.25. The molecule has 2 rings (SSSR count). The number of carbonyl (C=O) groups excluding carboxylic acids is 2. The second-order valence-electron chi connectivity index (χ2n) is 10.3. The average molecular weight is 525 g/mol. The summed E-state index contributed by atoms with van der Waals surface area (Å²) in [5.74, 6) is -0.923. The van der Waals surface area contributed by atoms with Gasteiger partial charge in [0.2, 0.25) is 5.91 Å². The van der Waals surface area contributed by atoms with Crippen molar-refractivity contribution in [3.8, 4) is 0 Å². The lowest BCUT2D eigenvalue weighted by molar-refractivity contribution is -0.135. The maximum atomic E-state index is 14.7. The van der Waals surface area contributed by atoms with Crippen LogP contribution in [0, 0.1) is 11.7 Å². The summed E-state index contributed by atoms with van der Waals surface area (Å²) >= 11 is 0. The minimum Gasteiger partial charge on any atom is -0.388 e. The second-order valence-corrected chi connectivity index (χ2v) is 10.3. The van der Waals surface area contributed by atoms with Gasteiger partial charge in [0.15, 0.2) is 0 Å². The number of halogens is 1. The van der Waals surface area contributed by atoms with Crippen LogP contribution in [-0.2, 0) is 14.3 Å². The summed E-state index contributed by atoms with van der Waals surface area (Å²) in [5, 5.41) is 21.3. The molecular formula is C28H45FN2O6. The number of aliphatic hydroxyl groups excluding tert-OH is 2. The van der Waals surface area contributed by atoms with E-state index < -0.39 is 30.0 Å². The first-order valence-electron chi connectivity index (χ1n) is 13.5. The highest BCUT2D eigenvalue weighted by Crippen LogP contribution is 2.21. The number of methoxy groups -OCH3 is 1. The molecule has 1 fully saturated rings. The van der Waals surface area contributed by atoms with Crippen molar-refractivity contribution in [2.75, 3.05) is 40.0 Å². The Balaban J connectivity index is 2.50. The number of ether oxygens (including phenoxy) is 2. The number of amides is 2. The number of carbonyl (C=O) groups is 2. The Morgan fingerprint density at radius 3 is 2.57 bits per heavy atom. The Morgan fingerprint density at radius 2 is 1.92 bits per heavy atom. The zero-order chi connectivity index (χ0) is 27.4. The maximum Gasteiger partial charge on any atom is 0.256 e. The Hall–Kier alpha value is -2.07. The number of hydrogen-bond donors (Lipinski definition) is 2. The van der Waals surface area contributed by atoms with E-state index in [2.05, 4.69) is 13.8 Å². The van der Waals surface area contributed by atoms with Crippen molar-refractivity contribution in [1.29, 1.82) is 0 Å². The molecule has 1 aliphatic rings. The fraction of sp³-hybridized carbons (Fsp3) is 0.714. The summed E-state index contributed by atoms with van der Waals surface area (Å²) in [7, 11) is 1.39. The zero-order valence-corrected chi connectivity index (χ0v) is 22.8. The Morgan fingerprint density at radius 1 is 1.19 bits per heavy atom. The van der Waals surface area contributed by atoms with Crippen LogP contribution in [0.1, 0.15) is 69.7 Å². The van der Waals surface area contributed by atoms with E-state index in [1.54, 1.807) is 6.07 Å². The molecule has 1 saturated heterocycles. The lowest BCUT2D eigenvalue weighted by Gasteiger charge is -2.39. The Bertz CT molecular complexity index is 839. The topological polar surface area (TPSA) is 99.5 Å². The number of unbranched alkanes of at least 4 members (excludes halogenated alkanes) is 1. The minimum atomic E-state index is -1.32. The standard InChI is InChI=1S/C28H45FN2O6/c1-5-6-13-26(33)31-14-9-10-15-37-19-24(32)27(34)25(36-4)18-30(17-21(31)16-20(2)3)28(35)22-11-7-8-12-23(22)29/h7-8,11-12,20-21,24-25,27,32,34H,5-6,9-10,13-19H2,1-4H3/t21-,24-,25-,27-/m1/s1. The van der Waals surface area contributed by atoms with Crippen molar-refractivity contribution < 1.29 is 33.7 Å². The summed E-state index contributed by atoms with van der Waals surface area (Å²) in [4.78, 5) is 30.3. The summed E-state index contributed by atoms with van der Waals surface area (Å²) in [5.41, 5.74) is -0.0935. The molecular weight excluding hydrogens is 479 g/mol. The molecule has 210 valence electrons. The van der Waals surface area contributed by atoms with Gasteiger partial charge in [-0.1, -0.05) is 39.3 Å². The van der Waals surface area contributed by atoms with Gasteiger partial charge in [0.05, 0.1) is 12.2 Å². The largest absolute Gasteiger partial charge is 0.388 e. The van der Waals surface area contributed by atoms with Crippen LogP contribution in [0.4, 0.5) is 4.39 Å². The van der Waals surface area contributed by atoms with Gasteiger partial charge in [-0.05, 0) is 43.7 Å². The molecule has 0 aliphatic carbocycles. The van der Waals surface area contributed by atoms with Crippen molar-refractivity contribution in [1.82, 2.24) is 9.80 Å². The summed E-state index contributed by atoms with van der Waals surface area (Å²) in [6, 6.07) is 5.46. The second kappa shape index (κ2) is 16.0. The van der Waals surface area contributed by atoms with Crippen LogP contribution in [0.25, 0.3) is 0 Å². The summed E-state index contributed by atoms with van der Waals surface area (Å²) < 4.78 is 25.7. The molecule has 0 aromatic heterocycles. The zero-order valence-electron chi connectivity index (χ0n) is 22.8. The minimum absolute atomic E-state index is 0.0394. The van der Waals surface area contributed by atoms with Gasteiger partial charge in [-0.15, -0.1) is 0 Å². The lowest BCUT2D eigenvalue weighted by Crippen LogP contribution is -2.54. The number of rotatable bonds is 7. The van der Waals surface area contributed by atoms with Crippen LogP contribution in [0.15, 0.2) is 24.3 Å². The van der Waals surface area contributed by atoms with Crippen LogP contribution < -0.4 is 0 Å². The molecule has 2 N–H and O–H groups in total. The fourth-order valence-corrected chi connectivity index (χ4v) is 4.70. The van der Waals surface area contributed by atoms with E-state index in [-0.39, 0.29) is 43.1 Å². The first-order chi connectivity index (χ1) is 17.7. The van der Waals surface area contributed by atoms with Gasteiger partial charge in [-0.25, -0.2) is 4.39 Å². The number of benzene rings is 1. The van der Waals surface area contributed by atoms with Gasteiger partial charge in [0.25, 0.3) is 5.91 Å². The molecule has 1 aliphatic heterocycles. The first-order valence-corrected chi connectivity index (χ1v) is 13.5. The molecule has 1 aromatic carbocycles. The number of hydrogen-bond acceptors (Lipinski definition) is 6. The lowest BCUT2D eigenvalue weighted by atomic mass is 9.99. The molecule has 0 bridgehead atoms. The number of aliphatic hydroxyl groups is 2. The van der Waals surface area contributed by atoms with Crippen LogP contribution in [0.2, 0.25) is 0 Å². The third-order valence-electron chi connectivity index (χ3n) is 6.78. The first kappa shape index (κ1) is 31.1. The van der Waals surface area contributed by atoms with Gasteiger partial charge in [0, 0.05) is 45.8 Å². The SMILES string of the molecule is CCCCC(=O)N1CCCCOC[C@@H](O)[C@@H](O)[C@H](OC)CN(C(=O)c2ccccc2F)C[C@H]1CC(C)C. The van der Waals surface area contributed by atoms with E-state index in [4.69, 9.17) is 9.47 Å².